The zero-order chi connectivity index (χ0) is 10.1. The quantitative estimate of drug-likeness (QED) is 0.474. The van der Waals surface area contributed by atoms with Crippen molar-refractivity contribution in [2.75, 3.05) is 27.4 Å². The van der Waals surface area contributed by atoms with Gasteiger partial charge in [-0.3, -0.25) is 0 Å². The molecule has 0 rings (SSSR count). The van der Waals surface area contributed by atoms with Gasteiger partial charge in [0, 0.05) is 0 Å². The van der Waals surface area contributed by atoms with Gasteiger partial charge in [-0.25, -0.2) is 0 Å². The minimum absolute atomic E-state index is 0.514. The SMILES string of the molecule is COCC(Br)C[Se]CC(Br)COC. The van der Waals surface area contributed by atoms with E-state index in [1.54, 1.807) is 14.2 Å². The van der Waals surface area contributed by atoms with Gasteiger partial charge in [-0.1, -0.05) is 0 Å². The Balaban J connectivity index is 3.23. The maximum atomic E-state index is 5.04. The summed E-state index contributed by atoms with van der Waals surface area (Å²) in [7, 11) is 3.47. The molecule has 0 aromatic rings. The van der Waals surface area contributed by atoms with E-state index in [1.807, 2.05) is 0 Å². The fourth-order valence-electron chi connectivity index (χ4n) is 0.782. The molecule has 0 aromatic heterocycles. The van der Waals surface area contributed by atoms with Crippen molar-refractivity contribution in [1.82, 2.24) is 0 Å². The first-order chi connectivity index (χ1) is 6.20. The second-order valence-electron chi connectivity index (χ2n) is 2.64. The summed E-state index contributed by atoms with van der Waals surface area (Å²) in [4.78, 5) is 1.03. The third kappa shape index (κ3) is 9.70. The van der Waals surface area contributed by atoms with Gasteiger partial charge in [0.1, 0.15) is 0 Å². The summed E-state index contributed by atoms with van der Waals surface area (Å²) in [6, 6.07) is 0. The van der Waals surface area contributed by atoms with Crippen LogP contribution < -0.4 is 0 Å². The van der Waals surface area contributed by atoms with Gasteiger partial charge in [-0.05, 0) is 0 Å². The summed E-state index contributed by atoms with van der Waals surface area (Å²) in [5.41, 5.74) is 0. The van der Waals surface area contributed by atoms with Crippen LogP contribution in [0.1, 0.15) is 0 Å². The van der Waals surface area contributed by atoms with Crippen molar-refractivity contribution < 1.29 is 9.47 Å². The molecule has 0 bridgehead atoms. The van der Waals surface area contributed by atoms with Crippen LogP contribution in [0.25, 0.3) is 0 Å². The molecule has 0 aromatic carbocycles. The number of hydrogen-bond acceptors (Lipinski definition) is 2. The standard InChI is InChI=1S/C8H16Br2O2Se/c1-11-3-7(9)5-13-6-8(10)4-12-2/h7-8H,3-6H2,1-2H3. The number of halogens is 2. The molecule has 0 amide bonds. The summed E-state index contributed by atoms with van der Waals surface area (Å²) in [6.07, 6.45) is 0. The summed E-state index contributed by atoms with van der Waals surface area (Å²) in [5, 5.41) is 2.43. The van der Waals surface area contributed by atoms with Crippen molar-refractivity contribution in [3.05, 3.63) is 0 Å². The maximum absolute atomic E-state index is 5.04. The van der Waals surface area contributed by atoms with Gasteiger partial charge >= 0.3 is 104 Å². The molecule has 2 nitrogen and oxygen atoms in total. The molecule has 2 atom stereocenters. The van der Waals surface area contributed by atoms with Crippen LogP contribution in [0.3, 0.4) is 0 Å². The first kappa shape index (κ1) is 14.4. The van der Waals surface area contributed by atoms with Crippen molar-refractivity contribution in [3.8, 4) is 0 Å². The Bertz CT molecular complexity index is 104. The van der Waals surface area contributed by atoms with Crippen molar-refractivity contribution in [3.63, 3.8) is 0 Å². The normalized spacial score (nSPS) is 15.7. The van der Waals surface area contributed by atoms with E-state index < -0.39 is 0 Å². The van der Waals surface area contributed by atoms with Crippen molar-refractivity contribution >= 4 is 46.8 Å². The Morgan fingerprint density at radius 3 is 1.69 bits per heavy atom. The first-order valence-corrected chi connectivity index (χ1v) is 8.29. The van der Waals surface area contributed by atoms with E-state index >= 15 is 0 Å². The van der Waals surface area contributed by atoms with Crippen LogP contribution in [0.15, 0.2) is 0 Å². The molecule has 2 unspecified atom stereocenters. The predicted octanol–water partition coefficient (Wildman–Crippen LogP) is 2.35. The zero-order valence-corrected chi connectivity index (χ0v) is 12.8. The third-order valence-electron chi connectivity index (χ3n) is 1.29. The van der Waals surface area contributed by atoms with Crippen molar-refractivity contribution in [2.45, 2.75) is 20.3 Å². The van der Waals surface area contributed by atoms with Gasteiger partial charge in [0.05, 0.1) is 0 Å². The fraction of sp³-hybridized carbons (Fsp3) is 1.00. The molecule has 80 valence electrons. The second kappa shape index (κ2) is 9.94. The molecule has 0 radical (unpaired) electrons. The molecular formula is C8H16Br2O2Se. The molecule has 0 aliphatic carbocycles. The summed E-state index contributed by atoms with van der Waals surface area (Å²) in [5.74, 6) is 0. The zero-order valence-electron chi connectivity index (χ0n) is 7.96. The molecule has 0 fully saturated rings. The monoisotopic (exact) mass is 382 g/mol. The second-order valence-corrected chi connectivity index (χ2v) is 7.49. The number of ether oxygens (including phenoxy) is 2. The average molecular weight is 383 g/mol. The average Bonchev–Trinajstić information content (AvgIpc) is 2.05. The van der Waals surface area contributed by atoms with E-state index in [9.17, 15) is 0 Å². The van der Waals surface area contributed by atoms with E-state index in [-0.39, 0.29) is 0 Å². The van der Waals surface area contributed by atoms with Crippen LogP contribution >= 0.6 is 31.9 Å². The molecule has 0 aliphatic rings. The molecule has 13 heavy (non-hydrogen) atoms. The van der Waals surface area contributed by atoms with Gasteiger partial charge < -0.3 is 0 Å². The van der Waals surface area contributed by atoms with Gasteiger partial charge in [0.15, 0.2) is 0 Å². The van der Waals surface area contributed by atoms with Gasteiger partial charge in [-0.15, -0.1) is 0 Å². The summed E-state index contributed by atoms with van der Waals surface area (Å²) >= 11 is 7.81. The van der Waals surface area contributed by atoms with Crippen LogP contribution in [-0.4, -0.2) is 52.0 Å². The van der Waals surface area contributed by atoms with E-state index in [0.29, 0.717) is 24.6 Å². The van der Waals surface area contributed by atoms with Crippen molar-refractivity contribution in [2.24, 2.45) is 0 Å². The number of alkyl halides is 2. The van der Waals surface area contributed by atoms with Crippen LogP contribution in [0.4, 0.5) is 0 Å². The van der Waals surface area contributed by atoms with E-state index in [0.717, 1.165) is 13.2 Å². The van der Waals surface area contributed by atoms with Crippen LogP contribution in [0, 0.1) is 0 Å². The number of methoxy groups -OCH3 is 2. The fourth-order valence-corrected chi connectivity index (χ4v) is 5.02. The van der Waals surface area contributed by atoms with Crippen molar-refractivity contribution in [1.29, 1.82) is 0 Å². The van der Waals surface area contributed by atoms with Gasteiger partial charge in [-0.2, -0.15) is 0 Å². The molecule has 0 saturated heterocycles. The molecule has 0 aliphatic heterocycles. The predicted molar refractivity (Wildman–Crippen MR) is 64.6 cm³/mol. The Morgan fingerprint density at radius 1 is 1.00 bits per heavy atom. The molecule has 0 saturated carbocycles. The summed E-state index contributed by atoms with van der Waals surface area (Å²) in [6.45, 7) is 1.61. The molecule has 0 spiro atoms. The Kier molecular flexibility index (Phi) is 11.0. The third-order valence-corrected chi connectivity index (χ3v) is 7.07. The van der Waals surface area contributed by atoms with Crippen LogP contribution in [-0.2, 0) is 9.47 Å². The van der Waals surface area contributed by atoms with Gasteiger partial charge in [0.2, 0.25) is 0 Å². The molecule has 0 heterocycles. The topological polar surface area (TPSA) is 18.5 Å². The van der Waals surface area contributed by atoms with E-state index in [2.05, 4.69) is 31.9 Å². The number of rotatable bonds is 8. The summed E-state index contributed by atoms with van der Waals surface area (Å²) < 4.78 is 10.1. The van der Waals surface area contributed by atoms with Gasteiger partial charge in [0.25, 0.3) is 0 Å². The van der Waals surface area contributed by atoms with Crippen LogP contribution in [0.2, 0.25) is 10.6 Å². The van der Waals surface area contributed by atoms with E-state index in [4.69, 9.17) is 9.47 Å². The number of hydrogen-bond donors (Lipinski definition) is 0. The first-order valence-electron chi connectivity index (χ1n) is 4.04. The Morgan fingerprint density at radius 2 is 1.38 bits per heavy atom. The molecule has 0 N–H and O–H groups in total. The Labute approximate surface area is 104 Å². The van der Waals surface area contributed by atoms with Crippen LogP contribution in [0.5, 0.6) is 0 Å². The van der Waals surface area contributed by atoms with E-state index in [1.165, 1.54) is 10.6 Å². The molecule has 5 heteroatoms. The molecular weight excluding hydrogens is 367 g/mol. The Hall–Kier alpha value is 1.40. The minimum atomic E-state index is 0.514.